The molecule has 0 saturated heterocycles. The molecule has 1 heterocycles. The molecule has 2 rings (SSSR count). The van der Waals surface area contributed by atoms with Crippen LogP contribution < -0.4 is 14.8 Å². The Morgan fingerprint density at radius 1 is 1.47 bits per heavy atom. The maximum atomic E-state index is 13.4. The van der Waals surface area contributed by atoms with Gasteiger partial charge in [-0.25, -0.2) is 4.39 Å². The van der Waals surface area contributed by atoms with Gasteiger partial charge in [0.15, 0.2) is 11.6 Å². The minimum absolute atomic E-state index is 0. The SMILES string of the molecule is CN[C@@H]1COc2cc(OC(F)F)c(F)cc21.[Pb]. The summed E-state index contributed by atoms with van der Waals surface area (Å²) in [4.78, 5) is 0. The fourth-order valence-corrected chi connectivity index (χ4v) is 1.64. The van der Waals surface area contributed by atoms with Gasteiger partial charge in [0.25, 0.3) is 0 Å². The number of likely N-dealkylation sites (N-methyl/N-ethyl adjacent to an activating group) is 1. The predicted octanol–water partition coefficient (Wildman–Crippen LogP) is 1.70. The standard InChI is InChI=1S/C10H10F3NO2.Pb/c1-14-7-4-15-8-3-9(16-10(12)13)6(11)2-5(7)8;/h2-3,7,10,14H,4H2,1H3;/t7-;/m1./s1. The summed E-state index contributed by atoms with van der Waals surface area (Å²) in [5.41, 5.74) is 0.613. The van der Waals surface area contributed by atoms with Crippen molar-refractivity contribution in [1.82, 2.24) is 5.32 Å². The van der Waals surface area contributed by atoms with Crippen LogP contribution in [0, 0.1) is 5.82 Å². The number of halogens is 3. The van der Waals surface area contributed by atoms with Crippen LogP contribution in [0.2, 0.25) is 0 Å². The van der Waals surface area contributed by atoms with E-state index in [0.717, 1.165) is 12.1 Å². The maximum Gasteiger partial charge on any atom is 0.387 e. The Morgan fingerprint density at radius 2 is 2.18 bits per heavy atom. The molecule has 3 nitrogen and oxygen atoms in total. The molecular formula is C10H10F3NO2Pb. The number of benzene rings is 1. The smallest absolute Gasteiger partial charge is 0.387 e. The Balaban J connectivity index is 0.00000144. The van der Waals surface area contributed by atoms with Gasteiger partial charge in [-0.2, -0.15) is 8.78 Å². The zero-order valence-corrected chi connectivity index (χ0v) is 12.9. The minimum atomic E-state index is -3.05. The summed E-state index contributed by atoms with van der Waals surface area (Å²) < 4.78 is 46.5. The molecule has 1 atom stereocenters. The molecule has 0 bridgehead atoms. The fraction of sp³-hybridized carbons (Fsp3) is 0.400. The van der Waals surface area contributed by atoms with Gasteiger partial charge in [-0.05, 0) is 13.1 Å². The molecular weight excluding hydrogens is 430 g/mol. The number of alkyl halides is 2. The number of fused-ring (bicyclic) bond motifs is 1. The molecule has 92 valence electrons. The molecule has 1 N–H and O–H groups in total. The Morgan fingerprint density at radius 3 is 2.76 bits per heavy atom. The molecule has 0 aliphatic carbocycles. The summed E-state index contributed by atoms with van der Waals surface area (Å²) in [5.74, 6) is -0.938. The molecule has 0 amide bonds. The van der Waals surface area contributed by atoms with Crippen LogP contribution >= 0.6 is 0 Å². The van der Waals surface area contributed by atoms with Gasteiger partial charge < -0.3 is 14.8 Å². The minimum Gasteiger partial charge on any atom is -0.491 e. The van der Waals surface area contributed by atoms with Crippen molar-refractivity contribution in [2.45, 2.75) is 12.7 Å². The van der Waals surface area contributed by atoms with Gasteiger partial charge in [0.1, 0.15) is 12.4 Å². The summed E-state index contributed by atoms with van der Waals surface area (Å²) >= 11 is 0. The Kier molecular flexibility index (Phi) is 5.05. The third-order valence-electron chi connectivity index (χ3n) is 2.41. The zero-order chi connectivity index (χ0) is 11.7. The molecule has 0 spiro atoms. The van der Waals surface area contributed by atoms with Gasteiger partial charge in [-0.15, -0.1) is 0 Å². The van der Waals surface area contributed by atoms with Crippen LogP contribution in [0.3, 0.4) is 0 Å². The molecule has 0 aromatic heterocycles. The van der Waals surface area contributed by atoms with Crippen LogP contribution in [-0.4, -0.2) is 47.6 Å². The third-order valence-corrected chi connectivity index (χ3v) is 2.41. The number of rotatable bonds is 3. The first-order chi connectivity index (χ1) is 7.61. The molecule has 1 aliphatic rings. The molecule has 1 aromatic rings. The molecule has 7 heteroatoms. The average molecular weight is 440 g/mol. The molecule has 1 aliphatic heterocycles. The van der Waals surface area contributed by atoms with E-state index in [1.165, 1.54) is 0 Å². The summed E-state index contributed by atoms with van der Waals surface area (Å²) in [7, 11) is 1.71. The molecule has 17 heavy (non-hydrogen) atoms. The van der Waals surface area contributed by atoms with E-state index in [2.05, 4.69) is 10.1 Å². The van der Waals surface area contributed by atoms with E-state index >= 15 is 0 Å². The van der Waals surface area contributed by atoms with E-state index < -0.39 is 18.2 Å². The topological polar surface area (TPSA) is 30.5 Å². The van der Waals surface area contributed by atoms with Crippen LogP contribution in [-0.2, 0) is 0 Å². The van der Waals surface area contributed by atoms with Crippen molar-refractivity contribution in [3.8, 4) is 11.5 Å². The van der Waals surface area contributed by atoms with Crippen LogP contribution in [0.4, 0.5) is 13.2 Å². The zero-order valence-electron chi connectivity index (χ0n) is 8.97. The fourth-order valence-electron chi connectivity index (χ4n) is 1.64. The van der Waals surface area contributed by atoms with E-state index in [-0.39, 0.29) is 33.3 Å². The summed E-state index contributed by atoms with van der Waals surface area (Å²) in [6.45, 7) is -2.70. The van der Waals surface area contributed by atoms with E-state index in [1.807, 2.05) is 0 Å². The van der Waals surface area contributed by atoms with Gasteiger partial charge in [0.05, 0.1) is 6.04 Å². The first-order valence-corrected chi connectivity index (χ1v) is 4.70. The largest absolute Gasteiger partial charge is 0.491 e. The van der Waals surface area contributed by atoms with Gasteiger partial charge in [0.2, 0.25) is 0 Å². The summed E-state index contributed by atoms with van der Waals surface area (Å²) in [6, 6.07) is 2.18. The van der Waals surface area contributed by atoms with Gasteiger partial charge in [0, 0.05) is 38.9 Å². The normalized spacial score (nSPS) is 17.4. The van der Waals surface area contributed by atoms with Crippen LogP contribution in [0.1, 0.15) is 11.6 Å². The molecule has 4 radical (unpaired) electrons. The average Bonchev–Trinajstić information content (AvgIpc) is 2.60. The van der Waals surface area contributed by atoms with Crippen LogP contribution in [0.15, 0.2) is 12.1 Å². The Labute approximate surface area is 116 Å². The number of hydrogen-bond acceptors (Lipinski definition) is 3. The second-order valence-corrected chi connectivity index (χ2v) is 3.35. The number of hydrogen-bond donors (Lipinski definition) is 1. The van der Waals surface area contributed by atoms with E-state index in [0.29, 0.717) is 17.9 Å². The van der Waals surface area contributed by atoms with Crippen LogP contribution in [0.5, 0.6) is 11.5 Å². The second-order valence-electron chi connectivity index (χ2n) is 3.35. The van der Waals surface area contributed by atoms with Gasteiger partial charge >= 0.3 is 6.61 Å². The van der Waals surface area contributed by atoms with Crippen molar-refractivity contribution in [1.29, 1.82) is 0 Å². The van der Waals surface area contributed by atoms with E-state index in [4.69, 9.17) is 4.74 Å². The third kappa shape index (κ3) is 3.03. The van der Waals surface area contributed by atoms with Crippen LogP contribution in [0.25, 0.3) is 0 Å². The molecule has 0 fully saturated rings. The molecule has 0 unspecified atom stereocenters. The number of ether oxygens (including phenoxy) is 2. The van der Waals surface area contributed by atoms with Gasteiger partial charge in [-0.1, -0.05) is 0 Å². The second kappa shape index (κ2) is 5.90. The van der Waals surface area contributed by atoms with Crippen molar-refractivity contribution < 1.29 is 22.6 Å². The van der Waals surface area contributed by atoms with Crippen molar-refractivity contribution in [3.05, 3.63) is 23.5 Å². The maximum absolute atomic E-state index is 13.4. The first kappa shape index (κ1) is 14.6. The van der Waals surface area contributed by atoms with Gasteiger partial charge in [-0.3, -0.25) is 0 Å². The molecule has 1 aromatic carbocycles. The quantitative estimate of drug-likeness (QED) is 0.727. The van der Waals surface area contributed by atoms with E-state index in [1.54, 1.807) is 7.05 Å². The summed E-state index contributed by atoms with van der Waals surface area (Å²) in [5, 5.41) is 2.93. The Bertz CT molecular complexity index is 403. The predicted molar refractivity (Wildman–Crippen MR) is 56.1 cm³/mol. The van der Waals surface area contributed by atoms with Crippen molar-refractivity contribution in [3.63, 3.8) is 0 Å². The monoisotopic (exact) mass is 441 g/mol. The van der Waals surface area contributed by atoms with E-state index in [9.17, 15) is 13.2 Å². The van der Waals surface area contributed by atoms with Crippen molar-refractivity contribution >= 4 is 27.3 Å². The summed E-state index contributed by atoms with van der Waals surface area (Å²) in [6.07, 6.45) is 0. The van der Waals surface area contributed by atoms with Crippen molar-refractivity contribution in [2.75, 3.05) is 13.7 Å². The number of nitrogens with one attached hydrogen (secondary N) is 1. The molecule has 0 saturated carbocycles. The van der Waals surface area contributed by atoms with Crippen molar-refractivity contribution in [2.24, 2.45) is 0 Å². The Hall–Kier alpha value is -0.508. The first-order valence-electron chi connectivity index (χ1n) is 4.70.